The molecule has 27 heavy (non-hydrogen) atoms. The molecule has 9 heteroatoms. The summed E-state index contributed by atoms with van der Waals surface area (Å²) in [6, 6.07) is 11.8. The van der Waals surface area contributed by atoms with Crippen molar-refractivity contribution >= 4 is 50.2 Å². The Balaban J connectivity index is 1.81. The van der Waals surface area contributed by atoms with Crippen LogP contribution in [0.2, 0.25) is 0 Å². The van der Waals surface area contributed by atoms with Crippen molar-refractivity contribution < 1.29 is 9.72 Å². The lowest BCUT2D eigenvalue weighted by Crippen LogP contribution is -2.43. The Morgan fingerprint density at radius 2 is 1.78 bits per heavy atom. The van der Waals surface area contributed by atoms with Gasteiger partial charge in [-0.2, -0.15) is 0 Å². The van der Waals surface area contributed by atoms with E-state index in [-0.39, 0.29) is 17.2 Å². The SMILES string of the molecule is CN1CCN(C(=O)c2ccc(Br)c([N+](=O)[O-])c2)c2nc3ccccc3nc21. The third kappa shape index (κ3) is 2.99. The predicted octanol–water partition coefficient (Wildman–Crippen LogP) is 3.40. The van der Waals surface area contributed by atoms with Crippen molar-refractivity contribution in [2.24, 2.45) is 0 Å². The van der Waals surface area contributed by atoms with Crippen LogP contribution in [0.3, 0.4) is 0 Å². The highest BCUT2D eigenvalue weighted by atomic mass is 79.9. The van der Waals surface area contributed by atoms with Gasteiger partial charge in [-0.15, -0.1) is 0 Å². The van der Waals surface area contributed by atoms with Gasteiger partial charge in [-0.1, -0.05) is 12.1 Å². The van der Waals surface area contributed by atoms with Crippen LogP contribution >= 0.6 is 15.9 Å². The summed E-state index contributed by atoms with van der Waals surface area (Å²) in [6.07, 6.45) is 0. The van der Waals surface area contributed by atoms with E-state index in [1.807, 2.05) is 36.2 Å². The highest BCUT2D eigenvalue weighted by molar-refractivity contribution is 9.10. The maximum atomic E-state index is 13.1. The van der Waals surface area contributed by atoms with Crippen LogP contribution in [-0.2, 0) is 0 Å². The fourth-order valence-electron chi connectivity index (χ4n) is 3.02. The number of likely N-dealkylation sites (N-methyl/N-ethyl adjacent to an activating group) is 1. The quantitative estimate of drug-likeness (QED) is 0.459. The molecule has 0 aliphatic carbocycles. The van der Waals surface area contributed by atoms with Gasteiger partial charge in [0.25, 0.3) is 11.6 Å². The Labute approximate surface area is 162 Å². The van der Waals surface area contributed by atoms with E-state index in [0.29, 0.717) is 34.7 Å². The molecule has 0 spiro atoms. The second kappa shape index (κ2) is 6.58. The second-order valence-electron chi connectivity index (χ2n) is 6.16. The zero-order valence-corrected chi connectivity index (χ0v) is 15.9. The topological polar surface area (TPSA) is 92.5 Å². The largest absolute Gasteiger partial charge is 0.355 e. The minimum Gasteiger partial charge on any atom is -0.355 e. The Hall–Kier alpha value is -3.07. The van der Waals surface area contributed by atoms with Crippen LogP contribution in [-0.4, -0.2) is 40.9 Å². The van der Waals surface area contributed by atoms with E-state index in [9.17, 15) is 14.9 Å². The molecule has 2 aromatic carbocycles. The third-order valence-electron chi connectivity index (χ3n) is 4.45. The predicted molar refractivity (Wildman–Crippen MR) is 105 cm³/mol. The van der Waals surface area contributed by atoms with Crippen LogP contribution in [0.1, 0.15) is 10.4 Å². The number of aromatic nitrogens is 2. The van der Waals surface area contributed by atoms with Crippen LogP contribution in [0.4, 0.5) is 17.3 Å². The summed E-state index contributed by atoms with van der Waals surface area (Å²) in [4.78, 5) is 36.5. The molecule has 0 radical (unpaired) electrons. The van der Waals surface area contributed by atoms with E-state index in [0.717, 1.165) is 5.52 Å². The van der Waals surface area contributed by atoms with Crippen molar-refractivity contribution in [3.8, 4) is 0 Å². The van der Waals surface area contributed by atoms with Crippen molar-refractivity contribution in [3.05, 3.63) is 62.6 Å². The van der Waals surface area contributed by atoms with Crippen molar-refractivity contribution in [1.82, 2.24) is 9.97 Å². The first-order valence-electron chi connectivity index (χ1n) is 8.19. The average Bonchev–Trinajstić information content (AvgIpc) is 2.67. The van der Waals surface area contributed by atoms with Gasteiger partial charge in [-0.25, -0.2) is 9.97 Å². The molecule has 8 nitrogen and oxygen atoms in total. The fraction of sp³-hybridized carbons (Fsp3) is 0.167. The van der Waals surface area contributed by atoms with Gasteiger partial charge in [0, 0.05) is 31.8 Å². The number of benzene rings is 2. The molecule has 3 aromatic rings. The number of halogens is 1. The Bertz CT molecular complexity index is 1090. The van der Waals surface area contributed by atoms with Gasteiger partial charge in [-0.3, -0.25) is 19.8 Å². The highest BCUT2D eigenvalue weighted by Crippen LogP contribution is 2.32. The number of carbonyl (C=O) groups excluding carboxylic acids is 1. The molecular weight excluding hydrogens is 414 g/mol. The Morgan fingerprint density at radius 3 is 2.44 bits per heavy atom. The monoisotopic (exact) mass is 427 g/mol. The van der Waals surface area contributed by atoms with Crippen molar-refractivity contribution in [1.29, 1.82) is 0 Å². The minimum absolute atomic E-state index is 0.153. The summed E-state index contributed by atoms with van der Waals surface area (Å²) in [6.45, 7) is 1.00. The van der Waals surface area contributed by atoms with E-state index in [1.54, 1.807) is 6.07 Å². The van der Waals surface area contributed by atoms with Gasteiger partial charge < -0.3 is 4.90 Å². The molecule has 0 saturated carbocycles. The summed E-state index contributed by atoms with van der Waals surface area (Å²) < 4.78 is 0.327. The van der Waals surface area contributed by atoms with E-state index in [4.69, 9.17) is 0 Å². The lowest BCUT2D eigenvalue weighted by molar-refractivity contribution is -0.385. The first-order valence-corrected chi connectivity index (χ1v) is 8.99. The number of nitro benzene ring substituents is 1. The molecule has 0 unspecified atom stereocenters. The average molecular weight is 428 g/mol. The van der Waals surface area contributed by atoms with Gasteiger partial charge in [0.15, 0.2) is 11.6 Å². The van der Waals surface area contributed by atoms with Gasteiger partial charge in [0.05, 0.1) is 20.4 Å². The third-order valence-corrected chi connectivity index (χ3v) is 5.12. The normalized spacial score (nSPS) is 13.6. The summed E-state index contributed by atoms with van der Waals surface area (Å²) >= 11 is 3.14. The number of rotatable bonds is 2. The molecule has 0 saturated heterocycles. The van der Waals surface area contributed by atoms with Crippen LogP contribution < -0.4 is 9.80 Å². The van der Waals surface area contributed by atoms with E-state index >= 15 is 0 Å². The Morgan fingerprint density at radius 1 is 1.11 bits per heavy atom. The van der Waals surface area contributed by atoms with Crippen molar-refractivity contribution in [2.45, 2.75) is 0 Å². The number of nitrogens with zero attached hydrogens (tertiary/aromatic N) is 5. The number of fused-ring (bicyclic) bond motifs is 2. The number of amides is 1. The standard InChI is InChI=1S/C18H14BrN5O3/c1-22-8-9-23(17-16(22)20-13-4-2-3-5-14(13)21-17)18(25)11-6-7-12(19)15(10-11)24(26)27/h2-7,10H,8-9H2,1H3. The van der Waals surface area contributed by atoms with Crippen molar-refractivity contribution in [3.63, 3.8) is 0 Å². The zero-order valence-electron chi connectivity index (χ0n) is 14.3. The number of hydrogen-bond donors (Lipinski definition) is 0. The molecule has 136 valence electrons. The smallest absolute Gasteiger partial charge is 0.284 e. The number of nitro groups is 1. The molecule has 0 bridgehead atoms. The molecule has 4 rings (SSSR count). The molecule has 0 atom stereocenters. The minimum atomic E-state index is -0.522. The van der Waals surface area contributed by atoms with Gasteiger partial charge in [0.2, 0.25) is 0 Å². The van der Waals surface area contributed by atoms with E-state index < -0.39 is 4.92 Å². The number of para-hydroxylation sites is 2. The number of hydrogen-bond acceptors (Lipinski definition) is 6. The van der Waals surface area contributed by atoms with Gasteiger partial charge in [-0.05, 0) is 40.2 Å². The Kier molecular flexibility index (Phi) is 4.23. The molecule has 1 aliphatic rings. The first kappa shape index (κ1) is 17.3. The molecule has 1 amide bonds. The molecular formula is C18H14BrN5O3. The van der Waals surface area contributed by atoms with Gasteiger partial charge in [0.1, 0.15) is 0 Å². The van der Waals surface area contributed by atoms with E-state index in [2.05, 4.69) is 25.9 Å². The maximum absolute atomic E-state index is 13.1. The lowest BCUT2D eigenvalue weighted by Gasteiger charge is -2.33. The van der Waals surface area contributed by atoms with Crippen LogP contribution in [0, 0.1) is 10.1 Å². The fourth-order valence-corrected chi connectivity index (χ4v) is 3.41. The van der Waals surface area contributed by atoms with E-state index in [1.165, 1.54) is 17.0 Å². The summed E-state index contributed by atoms with van der Waals surface area (Å²) in [5.74, 6) is 0.725. The number of anilines is 2. The van der Waals surface area contributed by atoms with Crippen molar-refractivity contribution in [2.75, 3.05) is 29.9 Å². The highest BCUT2D eigenvalue weighted by Gasteiger charge is 2.30. The molecule has 1 aliphatic heterocycles. The molecule has 0 N–H and O–H groups in total. The van der Waals surface area contributed by atoms with Crippen LogP contribution in [0.15, 0.2) is 46.9 Å². The molecule has 1 aromatic heterocycles. The molecule has 0 fully saturated rings. The first-order chi connectivity index (χ1) is 13.0. The number of carbonyl (C=O) groups is 1. The van der Waals surface area contributed by atoms with Gasteiger partial charge >= 0.3 is 0 Å². The maximum Gasteiger partial charge on any atom is 0.284 e. The molecule has 2 heterocycles. The summed E-state index contributed by atoms with van der Waals surface area (Å²) in [5.41, 5.74) is 1.51. The van der Waals surface area contributed by atoms with Crippen LogP contribution in [0.5, 0.6) is 0 Å². The lowest BCUT2D eigenvalue weighted by atomic mass is 10.1. The van der Waals surface area contributed by atoms with Crippen LogP contribution in [0.25, 0.3) is 11.0 Å². The zero-order chi connectivity index (χ0) is 19.1. The second-order valence-corrected chi connectivity index (χ2v) is 7.02. The summed E-state index contributed by atoms with van der Waals surface area (Å²) in [5, 5.41) is 11.2. The summed E-state index contributed by atoms with van der Waals surface area (Å²) in [7, 11) is 1.90.